The molecule has 2 atom stereocenters. The van der Waals surface area contributed by atoms with Gasteiger partial charge in [-0.25, -0.2) is 0 Å². The van der Waals surface area contributed by atoms with Crippen LogP contribution in [0.1, 0.15) is 59.3 Å². The third kappa shape index (κ3) is 3.65. The van der Waals surface area contributed by atoms with Crippen LogP contribution in [-0.2, 0) is 14.4 Å². The Balaban J connectivity index is 2.71. The van der Waals surface area contributed by atoms with Gasteiger partial charge >= 0.3 is 0 Å². The molecule has 111 valence electrons. The molecule has 0 unspecified atom stereocenters. The highest BCUT2D eigenvalue weighted by molar-refractivity contribution is 5.89. The number of aldehydes is 2. The fraction of sp³-hybridized carbons (Fsp3) is 0.647. The molecule has 0 spiro atoms. The molecule has 1 radical (unpaired) electrons. The van der Waals surface area contributed by atoms with Gasteiger partial charge in [0.05, 0.1) is 0 Å². The molecule has 1 fully saturated rings. The molecule has 0 aromatic carbocycles. The minimum atomic E-state index is -0.383. The van der Waals surface area contributed by atoms with E-state index in [9.17, 15) is 14.4 Å². The average molecular weight is 277 g/mol. The van der Waals surface area contributed by atoms with Crippen molar-refractivity contribution >= 4 is 18.4 Å². The molecule has 0 N–H and O–H groups in total. The average Bonchev–Trinajstić information content (AvgIpc) is 2.73. The van der Waals surface area contributed by atoms with E-state index < -0.39 is 0 Å². The lowest BCUT2D eigenvalue weighted by molar-refractivity contribution is -0.125. The zero-order chi connectivity index (χ0) is 15.2. The zero-order valence-corrected chi connectivity index (χ0v) is 12.8. The second-order valence-electron chi connectivity index (χ2n) is 5.99. The number of ketones is 1. The van der Waals surface area contributed by atoms with Crippen LogP contribution < -0.4 is 0 Å². The van der Waals surface area contributed by atoms with E-state index >= 15 is 0 Å². The highest BCUT2D eigenvalue weighted by atomic mass is 16.1. The number of rotatable bonds is 8. The number of Topliss-reactive ketones (excluding diaryl/α,β-unsaturated/α-hetero) is 1. The van der Waals surface area contributed by atoms with E-state index in [2.05, 4.69) is 0 Å². The summed E-state index contributed by atoms with van der Waals surface area (Å²) in [4.78, 5) is 33.4. The third-order valence-corrected chi connectivity index (χ3v) is 4.81. The number of carbonyl (C=O) groups excluding carboxylic acids is 3. The van der Waals surface area contributed by atoms with E-state index in [0.717, 1.165) is 43.3 Å². The summed E-state index contributed by atoms with van der Waals surface area (Å²) in [5, 5.41) is 0. The summed E-state index contributed by atoms with van der Waals surface area (Å²) in [7, 11) is 0. The molecule has 0 bridgehead atoms. The first-order valence-electron chi connectivity index (χ1n) is 7.38. The van der Waals surface area contributed by atoms with Gasteiger partial charge in [0.15, 0.2) is 0 Å². The normalized spacial score (nSPS) is 27.1. The van der Waals surface area contributed by atoms with Crippen LogP contribution in [0.4, 0.5) is 0 Å². The van der Waals surface area contributed by atoms with Crippen molar-refractivity contribution in [3.05, 3.63) is 17.6 Å². The molecule has 0 amide bonds. The Morgan fingerprint density at radius 1 is 1.30 bits per heavy atom. The number of allylic oxidation sites excluding steroid dienone is 2. The number of carbonyl (C=O) groups is 3. The van der Waals surface area contributed by atoms with Gasteiger partial charge in [-0.2, -0.15) is 0 Å². The Kier molecular flexibility index (Phi) is 6.31. The van der Waals surface area contributed by atoms with Crippen LogP contribution in [0.15, 0.2) is 11.6 Å². The quantitative estimate of drug-likeness (QED) is 0.504. The van der Waals surface area contributed by atoms with Crippen LogP contribution >= 0.6 is 0 Å². The highest BCUT2D eigenvalue weighted by Gasteiger charge is 2.48. The van der Waals surface area contributed by atoms with Crippen LogP contribution in [0.3, 0.4) is 0 Å². The molecule has 1 aliphatic carbocycles. The molecule has 1 saturated carbocycles. The molecule has 20 heavy (non-hydrogen) atoms. The van der Waals surface area contributed by atoms with Crippen LogP contribution in [0.2, 0.25) is 0 Å². The predicted octanol–water partition coefficient (Wildman–Crippen LogP) is 3.47. The van der Waals surface area contributed by atoms with Crippen molar-refractivity contribution in [2.75, 3.05) is 0 Å². The van der Waals surface area contributed by atoms with Gasteiger partial charge in [-0.3, -0.25) is 9.59 Å². The fourth-order valence-electron chi connectivity index (χ4n) is 3.20. The molecule has 0 heterocycles. The van der Waals surface area contributed by atoms with Gasteiger partial charge in [-0.15, -0.1) is 0 Å². The standard InChI is InChI=1S/C17H25O3/c1-13(12-19)6-4-8-15-9-10-16(20)17(15,3)14(2)7-5-11-18/h6,11-12,15H,4-5,7-10H2,1-3H3/b13-6+/t15-,17+/m0/s1. The fourth-order valence-corrected chi connectivity index (χ4v) is 3.20. The zero-order valence-electron chi connectivity index (χ0n) is 12.8. The summed E-state index contributed by atoms with van der Waals surface area (Å²) in [5.41, 5.74) is 0.365. The van der Waals surface area contributed by atoms with Gasteiger partial charge < -0.3 is 4.79 Å². The maximum atomic E-state index is 12.3. The summed E-state index contributed by atoms with van der Waals surface area (Å²) in [6.07, 6.45) is 8.22. The topological polar surface area (TPSA) is 51.2 Å². The molecular formula is C17H25O3. The van der Waals surface area contributed by atoms with E-state index in [1.165, 1.54) is 0 Å². The maximum absolute atomic E-state index is 12.3. The summed E-state index contributed by atoms with van der Waals surface area (Å²) in [6, 6.07) is 0. The van der Waals surface area contributed by atoms with Gasteiger partial charge in [0.25, 0.3) is 0 Å². The minimum absolute atomic E-state index is 0.307. The molecule has 1 rings (SSSR count). The van der Waals surface area contributed by atoms with Crippen LogP contribution in [-0.4, -0.2) is 18.4 Å². The molecule has 3 nitrogen and oxygen atoms in total. The van der Waals surface area contributed by atoms with Crippen molar-refractivity contribution < 1.29 is 14.4 Å². The Hall–Kier alpha value is -1.25. The maximum Gasteiger partial charge on any atom is 0.145 e. The van der Waals surface area contributed by atoms with Gasteiger partial charge in [-0.1, -0.05) is 19.9 Å². The highest BCUT2D eigenvalue weighted by Crippen LogP contribution is 2.50. The lowest BCUT2D eigenvalue weighted by Crippen LogP contribution is -2.34. The van der Waals surface area contributed by atoms with E-state index in [1.54, 1.807) is 6.92 Å². The van der Waals surface area contributed by atoms with Crippen LogP contribution in [0, 0.1) is 17.3 Å². The van der Waals surface area contributed by atoms with Crippen molar-refractivity contribution in [2.24, 2.45) is 11.3 Å². The summed E-state index contributed by atoms with van der Waals surface area (Å²) >= 11 is 0. The van der Waals surface area contributed by atoms with E-state index in [4.69, 9.17) is 0 Å². The van der Waals surface area contributed by atoms with Crippen molar-refractivity contribution in [3.63, 3.8) is 0 Å². The van der Waals surface area contributed by atoms with E-state index in [0.29, 0.717) is 31.0 Å². The Bertz CT molecular complexity index is 397. The van der Waals surface area contributed by atoms with Crippen molar-refractivity contribution in [3.8, 4) is 0 Å². The SMILES string of the molecule is C[C](CCC=O)[C@@]1(C)C(=O)CC[C@@H]1CC/C=C(\C)C=O. The van der Waals surface area contributed by atoms with Gasteiger partial charge in [0.2, 0.25) is 0 Å². The van der Waals surface area contributed by atoms with Crippen molar-refractivity contribution in [2.45, 2.75) is 59.3 Å². The largest absolute Gasteiger partial charge is 0.303 e. The predicted molar refractivity (Wildman–Crippen MR) is 79.1 cm³/mol. The number of hydrogen-bond donors (Lipinski definition) is 0. The third-order valence-electron chi connectivity index (χ3n) is 4.81. The Morgan fingerprint density at radius 2 is 2.00 bits per heavy atom. The molecule has 3 heteroatoms. The first-order chi connectivity index (χ1) is 9.46. The van der Waals surface area contributed by atoms with Crippen LogP contribution in [0.5, 0.6) is 0 Å². The lowest BCUT2D eigenvalue weighted by atomic mass is 9.67. The first-order valence-corrected chi connectivity index (χ1v) is 7.38. The second-order valence-corrected chi connectivity index (χ2v) is 5.99. The summed E-state index contributed by atoms with van der Waals surface area (Å²) in [6.45, 7) is 5.84. The van der Waals surface area contributed by atoms with Crippen molar-refractivity contribution in [1.29, 1.82) is 0 Å². The van der Waals surface area contributed by atoms with E-state index in [1.807, 2.05) is 19.9 Å². The second kappa shape index (κ2) is 7.51. The van der Waals surface area contributed by atoms with Crippen molar-refractivity contribution in [1.82, 2.24) is 0 Å². The lowest BCUT2D eigenvalue weighted by Gasteiger charge is -2.35. The monoisotopic (exact) mass is 277 g/mol. The molecule has 0 aromatic rings. The molecular weight excluding hydrogens is 252 g/mol. The smallest absolute Gasteiger partial charge is 0.145 e. The molecule has 0 saturated heterocycles. The summed E-state index contributed by atoms with van der Waals surface area (Å²) in [5.74, 6) is 1.77. The van der Waals surface area contributed by atoms with Gasteiger partial charge in [0.1, 0.15) is 18.4 Å². The van der Waals surface area contributed by atoms with Gasteiger partial charge in [0, 0.05) is 18.3 Å². The number of hydrogen-bond acceptors (Lipinski definition) is 3. The van der Waals surface area contributed by atoms with Crippen LogP contribution in [0.25, 0.3) is 0 Å². The minimum Gasteiger partial charge on any atom is -0.303 e. The first kappa shape index (κ1) is 16.8. The molecule has 1 aliphatic rings. The molecule has 0 aromatic heterocycles. The summed E-state index contributed by atoms with van der Waals surface area (Å²) < 4.78 is 0. The Morgan fingerprint density at radius 3 is 2.60 bits per heavy atom. The Labute approximate surface area is 121 Å². The molecule has 0 aliphatic heterocycles. The van der Waals surface area contributed by atoms with Gasteiger partial charge in [-0.05, 0) is 50.0 Å². The van der Waals surface area contributed by atoms with E-state index in [-0.39, 0.29) is 5.41 Å².